The van der Waals surface area contributed by atoms with Gasteiger partial charge in [0.25, 0.3) is 17.5 Å². The van der Waals surface area contributed by atoms with E-state index in [0.717, 1.165) is 0 Å². The minimum absolute atomic E-state index is 0.269. The maximum atomic E-state index is 13.7. The molecule has 0 aromatic carbocycles. The van der Waals surface area contributed by atoms with Gasteiger partial charge in [-0.1, -0.05) is 0 Å². The van der Waals surface area contributed by atoms with Crippen LogP contribution in [-0.4, -0.2) is 35.6 Å². The van der Waals surface area contributed by atoms with Gasteiger partial charge in [0.1, 0.15) is 0 Å². The van der Waals surface area contributed by atoms with Gasteiger partial charge in [0, 0.05) is 13.8 Å². The molecule has 0 amide bonds. The van der Waals surface area contributed by atoms with Crippen molar-refractivity contribution < 1.29 is 44.3 Å². The molecule has 0 aromatic heterocycles. The molecule has 1 aliphatic heterocycles. The van der Waals surface area contributed by atoms with E-state index in [1.54, 1.807) is 0 Å². The maximum absolute atomic E-state index is 13.7. The van der Waals surface area contributed by atoms with E-state index in [4.69, 9.17) is 0 Å². The molecule has 1 aliphatic rings. The first-order valence-corrected chi connectivity index (χ1v) is 4.47. The summed E-state index contributed by atoms with van der Waals surface area (Å²) < 4.78 is 119. The fourth-order valence-corrected chi connectivity index (χ4v) is 1.64. The van der Waals surface area contributed by atoms with Crippen LogP contribution in [0.1, 0.15) is 13.8 Å². The molecule has 2 atom stereocenters. The number of rotatable bonds is 2. The minimum Gasteiger partial charge on any atom is -0.302 e. The fourth-order valence-electron chi connectivity index (χ4n) is 1.64. The Kier molecular flexibility index (Phi) is 2.95. The van der Waals surface area contributed by atoms with E-state index in [0.29, 0.717) is 0 Å². The molecule has 0 spiro atoms. The summed E-state index contributed by atoms with van der Waals surface area (Å²) in [6.45, 7) is -0.764. The number of hydrogen-bond acceptors (Lipinski definition) is 1. The predicted molar refractivity (Wildman–Crippen MR) is 39.8 cm³/mol. The summed E-state index contributed by atoms with van der Waals surface area (Å²) in [6.07, 6.45) is -9.74. The first kappa shape index (κ1) is 15.4. The van der Waals surface area contributed by atoms with Gasteiger partial charge in [0.15, 0.2) is 6.10 Å². The van der Waals surface area contributed by atoms with Crippen LogP contribution >= 0.6 is 0 Å². The molecule has 0 aromatic rings. The Hall–Kier alpha value is -0.670. The topological polar surface area (TPSA) is 9.23 Å². The zero-order chi connectivity index (χ0) is 14.8. The molecule has 1 rings (SSSR count). The Morgan fingerprint density at radius 2 is 1.28 bits per heavy atom. The lowest BCUT2D eigenvalue weighted by Crippen LogP contribution is -2.64. The van der Waals surface area contributed by atoms with E-state index in [9.17, 15) is 39.5 Å². The smallest absolute Gasteiger partial charge is 0.302 e. The third kappa shape index (κ3) is 1.68. The van der Waals surface area contributed by atoms with Crippen LogP contribution in [0.15, 0.2) is 0 Å². The molecule has 10 heteroatoms. The molecule has 108 valence electrons. The Balaban J connectivity index is 3.49. The largest absolute Gasteiger partial charge is 0.423 e. The molecule has 0 bridgehead atoms. The summed E-state index contributed by atoms with van der Waals surface area (Å²) >= 11 is 0. The third-order valence-corrected chi connectivity index (χ3v) is 2.55. The first-order chi connectivity index (χ1) is 7.59. The standard InChI is InChI=1S/C8H7F9O/c1-4(9,10)3-6(13,5(2,11)12)7(14,15)8(16,17)18-3/h3H,1-2H3. The van der Waals surface area contributed by atoms with E-state index in [1.165, 1.54) is 0 Å². The summed E-state index contributed by atoms with van der Waals surface area (Å²) in [7, 11) is 0. The Morgan fingerprint density at radius 1 is 0.889 bits per heavy atom. The van der Waals surface area contributed by atoms with E-state index in [1.807, 2.05) is 0 Å². The molecule has 18 heavy (non-hydrogen) atoms. The summed E-state index contributed by atoms with van der Waals surface area (Å²) in [6, 6.07) is 0. The lowest BCUT2D eigenvalue weighted by atomic mass is 9.85. The van der Waals surface area contributed by atoms with Gasteiger partial charge in [-0.3, -0.25) is 0 Å². The van der Waals surface area contributed by atoms with E-state index < -0.39 is 42.6 Å². The van der Waals surface area contributed by atoms with Crippen molar-refractivity contribution >= 4 is 0 Å². The molecular weight excluding hydrogens is 283 g/mol. The third-order valence-electron chi connectivity index (χ3n) is 2.55. The van der Waals surface area contributed by atoms with Gasteiger partial charge in [-0.2, -0.15) is 17.6 Å². The Bertz CT molecular complexity index is 341. The van der Waals surface area contributed by atoms with Crippen LogP contribution in [-0.2, 0) is 4.74 Å². The van der Waals surface area contributed by atoms with Gasteiger partial charge in [-0.05, 0) is 0 Å². The van der Waals surface area contributed by atoms with Crippen molar-refractivity contribution in [3.63, 3.8) is 0 Å². The average Bonchev–Trinajstić information content (AvgIpc) is 2.22. The van der Waals surface area contributed by atoms with Gasteiger partial charge < -0.3 is 4.74 Å². The summed E-state index contributed by atoms with van der Waals surface area (Å²) in [4.78, 5) is 0. The second kappa shape index (κ2) is 3.45. The van der Waals surface area contributed by atoms with Crippen molar-refractivity contribution in [2.45, 2.75) is 49.5 Å². The van der Waals surface area contributed by atoms with Gasteiger partial charge >= 0.3 is 12.0 Å². The van der Waals surface area contributed by atoms with E-state index in [-0.39, 0.29) is 6.92 Å². The molecule has 0 saturated carbocycles. The summed E-state index contributed by atoms with van der Waals surface area (Å²) in [5.74, 6) is -15.9. The van der Waals surface area contributed by atoms with Crippen molar-refractivity contribution in [2.24, 2.45) is 0 Å². The zero-order valence-corrected chi connectivity index (χ0v) is 8.89. The van der Waals surface area contributed by atoms with Crippen LogP contribution in [0, 0.1) is 0 Å². The average molecular weight is 290 g/mol. The SMILES string of the molecule is CC(F)(F)C1OC(F)(F)C(F)(F)C1(F)C(C)(F)F. The second-order valence-corrected chi connectivity index (χ2v) is 4.15. The fraction of sp³-hybridized carbons (Fsp3) is 1.00. The van der Waals surface area contributed by atoms with Crippen LogP contribution in [0.3, 0.4) is 0 Å². The molecule has 0 N–H and O–H groups in total. The van der Waals surface area contributed by atoms with Crippen LogP contribution in [0.25, 0.3) is 0 Å². The highest BCUT2D eigenvalue weighted by molar-refractivity contribution is 5.18. The molecule has 2 unspecified atom stereocenters. The van der Waals surface area contributed by atoms with Crippen molar-refractivity contribution in [3.8, 4) is 0 Å². The highest BCUT2D eigenvalue weighted by Gasteiger charge is 2.90. The van der Waals surface area contributed by atoms with Gasteiger partial charge in [-0.15, -0.1) is 0 Å². The van der Waals surface area contributed by atoms with Crippen molar-refractivity contribution in [1.29, 1.82) is 0 Å². The second-order valence-electron chi connectivity index (χ2n) is 4.15. The minimum atomic E-state index is -6.09. The van der Waals surface area contributed by atoms with Gasteiger partial charge in [-0.25, -0.2) is 22.0 Å². The molecule has 0 radical (unpaired) electrons. The number of ether oxygens (including phenoxy) is 1. The molecule has 1 nitrogen and oxygen atoms in total. The first-order valence-electron chi connectivity index (χ1n) is 4.47. The van der Waals surface area contributed by atoms with Gasteiger partial charge in [0.2, 0.25) is 0 Å². The Labute approximate surface area is 94.9 Å². The maximum Gasteiger partial charge on any atom is 0.423 e. The normalized spacial score (nSPS) is 35.8. The van der Waals surface area contributed by atoms with E-state index in [2.05, 4.69) is 4.74 Å². The molecule has 1 saturated heterocycles. The van der Waals surface area contributed by atoms with Crippen LogP contribution in [0.2, 0.25) is 0 Å². The van der Waals surface area contributed by atoms with Crippen molar-refractivity contribution in [1.82, 2.24) is 0 Å². The lowest BCUT2D eigenvalue weighted by Gasteiger charge is -2.35. The lowest BCUT2D eigenvalue weighted by molar-refractivity contribution is -0.331. The number of halogens is 9. The van der Waals surface area contributed by atoms with E-state index >= 15 is 0 Å². The summed E-state index contributed by atoms with van der Waals surface area (Å²) in [5, 5.41) is 0. The van der Waals surface area contributed by atoms with Crippen LogP contribution < -0.4 is 0 Å². The highest BCUT2D eigenvalue weighted by Crippen LogP contribution is 2.62. The Morgan fingerprint density at radius 3 is 1.50 bits per heavy atom. The van der Waals surface area contributed by atoms with Crippen LogP contribution in [0.4, 0.5) is 39.5 Å². The molecule has 1 heterocycles. The highest BCUT2D eigenvalue weighted by atomic mass is 19.3. The zero-order valence-electron chi connectivity index (χ0n) is 8.89. The predicted octanol–water partition coefficient (Wildman–Crippen LogP) is 3.63. The van der Waals surface area contributed by atoms with Gasteiger partial charge in [0.05, 0.1) is 0 Å². The van der Waals surface area contributed by atoms with Crippen molar-refractivity contribution in [2.75, 3.05) is 0 Å². The molecular formula is C8H7F9O. The molecule has 1 fully saturated rings. The number of alkyl halides is 9. The van der Waals surface area contributed by atoms with Crippen molar-refractivity contribution in [3.05, 3.63) is 0 Å². The van der Waals surface area contributed by atoms with Crippen LogP contribution in [0.5, 0.6) is 0 Å². The molecule has 0 aliphatic carbocycles. The number of hydrogen-bond donors (Lipinski definition) is 0. The quantitative estimate of drug-likeness (QED) is 0.706. The monoisotopic (exact) mass is 290 g/mol. The summed E-state index contributed by atoms with van der Waals surface area (Å²) in [5.41, 5.74) is -5.53.